The van der Waals surface area contributed by atoms with E-state index in [0.717, 1.165) is 52.6 Å². The van der Waals surface area contributed by atoms with E-state index in [4.69, 9.17) is 9.47 Å². The largest absolute Gasteiger partial charge is 0.379 e. The molecule has 4 heteroatoms. The van der Waals surface area contributed by atoms with E-state index in [1.807, 2.05) is 0 Å². The maximum Gasteiger partial charge on any atom is 0.0594 e. The van der Waals surface area contributed by atoms with Gasteiger partial charge in [-0.2, -0.15) is 0 Å². The average Bonchev–Trinajstić information content (AvgIpc) is 2.49. The van der Waals surface area contributed by atoms with Crippen LogP contribution in [0.4, 0.5) is 0 Å². The van der Waals surface area contributed by atoms with Crippen LogP contribution in [0.15, 0.2) is 11.6 Å². The van der Waals surface area contributed by atoms with Crippen molar-refractivity contribution < 1.29 is 9.47 Å². The number of rotatable bonds is 4. The zero-order valence-electron chi connectivity index (χ0n) is 13.5. The third-order valence-electron chi connectivity index (χ3n) is 4.86. The minimum atomic E-state index is 0.0935. The first-order valence-corrected chi connectivity index (χ1v) is 7.88. The highest BCUT2D eigenvalue weighted by atomic mass is 16.5. The van der Waals surface area contributed by atoms with Gasteiger partial charge < -0.3 is 9.47 Å². The van der Waals surface area contributed by atoms with Gasteiger partial charge in [0.15, 0.2) is 0 Å². The van der Waals surface area contributed by atoms with Crippen LogP contribution in [0.25, 0.3) is 0 Å². The van der Waals surface area contributed by atoms with E-state index in [-0.39, 0.29) is 5.54 Å². The number of hydrogen-bond donors (Lipinski definition) is 0. The molecule has 0 aromatic heterocycles. The van der Waals surface area contributed by atoms with Crippen LogP contribution in [-0.4, -0.2) is 74.0 Å². The van der Waals surface area contributed by atoms with Crippen molar-refractivity contribution in [1.82, 2.24) is 9.80 Å². The van der Waals surface area contributed by atoms with Gasteiger partial charge in [-0.15, -0.1) is 0 Å². The van der Waals surface area contributed by atoms with Crippen LogP contribution >= 0.6 is 0 Å². The summed E-state index contributed by atoms with van der Waals surface area (Å²) >= 11 is 0. The van der Waals surface area contributed by atoms with E-state index in [1.165, 1.54) is 5.57 Å². The Kier molecular flexibility index (Phi) is 5.61. The molecule has 0 aliphatic carbocycles. The number of nitrogens with zero attached hydrogens (tertiary/aromatic N) is 2. The molecule has 2 saturated heterocycles. The molecule has 1 unspecified atom stereocenters. The first kappa shape index (κ1) is 16.0. The summed E-state index contributed by atoms with van der Waals surface area (Å²) in [6, 6.07) is 0.474. The minimum absolute atomic E-state index is 0.0935. The van der Waals surface area contributed by atoms with Crippen molar-refractivity contribution in [2.24, 2.45) is 0 Å². The lowest BCUT2D eigenvalue weighted by Crippen LogP contribution is -2.55. The quantitative estimate of drug-likeness (QED) is 0.734. The van der Waals surface area contributed by atoms with Crippen LogP contribution < -0.4 is 0 Å². The molecular weight excluding hydrogens is 252 g/mol. The summed E-state index contributed by atoms with van der Waals surface area (Å²) in [5.74, 6) is 0. The number of ether oxygens (including phenoxy) is 2. The predicted octanol–water partition coefficient (Wildman–Crippen LogP) is 1.76. The number of hydrogen-bond acceptors (Lipinski definition) is 4. The molecule has 20 heavy (non-hydrogen) atoms. The van der Waals surface area contributed by atoms with Crippen molar-refractivity contribution in [3.63, 3.8) is 0 Å². The van der Waals surface area contributed by atoms with Crippen molar-refractivity contribution in [2.45, 2.75) is 39.3 Å². The molecule has 0 radical (unpaired) electrons. The molecule has 0 bridgehead atoms. The molecule has 116 valence electrons. The van der Waals surface area contributed by atoms with Crippen LogP contribution in [0.5, 0.6) is 0 Å². The molecule has 0 aromatic carbocycles. The van der Waals surface area contributed by atoms with Gasteiger partial charge in [-0.05, 0) is 33.3 Å². The normalized spacial score (nSPS) is 25.7. The molecule has 0 aromatic rings. The third kappa shape index (κ3) is 3.42. The average molecular weight is 282 g/mol. The lowest BCUT2D eigenvalue weighted by atomic mass is 9.85. The summed E-state index contributed by atoms with van der Waals surface area (Å²) in [4.78, 5) is 5.10. The van der Waals surface area contributed by atoms with Crippen LogP contribution in [-0.2, 0) is 9.47 Å². The van der Waals surface area contributed by atoms with Crippen molar-refractivity contribution >= 4 is 0 Å². The van der Waals surface area contributed by atoms with Crippen molar-refractivity contribution in [3.8, 4) is 0 Å². The zero-order valence-corrected chi connectivity index (χ0v) is 13.5. The molecule has 2 aliphatic rings. The van der Waals surface area contributed by atoms with Gasteiger partial charge in [-0.1, -0.05) is 6.08 Å². The van der Waals surface area contributed by atoms with Crippen LogP contribution in [0.2, 0.25) is 0 Å². The highest BCUT2D eigenvalue weighted by Crippen LogP contribution is 2.30. The van der Waals surface area contributed by atoms with Gasteiger partial charge in [0.2, 0.25) is 0 Å². The molecular formula is C16H30N2O2. The molecule has 2 aliphatic heterocycles. The van der Waals surface area contributed by atoms with E-state index in [9.17, 15) is 0 Å². The maximum atomic E-state index is 5.50. The number of morpholine rings is 2. The smallest absolute Gasteiger partial charge is 0.0594 e. The second-order valence-electron chi connectivity index (χ2n) is 6.23. The summed E-state index contributed by atoms with van der Waals surface area (Å²) < 4.78 is 11.0. The lowest BCUT2D eigenvalue weighted by Gasteiger charge is -2.46. The second-order valence-corrected chi connectivity index (χ2v) is 6.23. The van der Waals surface area contributed by atoms with E-state index in [1.54, 1.807) is 0 Å². The topological polar surface area (TPSA) is 24.9 Å². The fourth-order valence-electron chi connectivity index (χ4n) is 3.57. The fourth-order valence-corrected chi connectivity index (χ4v) is 3.57. The van der Waals surface area contributed by atoms with Crippen LogP contribution in [0.1, 0.15) is 27.7 Å². The van der Waals surface area contributed by atoms with Gasteiger partial charge in [0, 0.05) is 37.8 Å². The molecule has 2 rings (SSSR count). The van der Waals surface area contributed by atoms with Crippen LogP contribution in [0.3, 0.4) is 0 Å². The van der Waals surface area contributed by atoms with Gasteiger partial charge in [0.25, 0.3) is 0 Å². The molecule has 1 atom stereocenters. The summed E-state index contributed by atoms with van der Waals surface area (Å²) in [6.07, 6.45) is 2.32. The van der Waals surface area contributed by atoms with Gasteiger partial charge >= 0.3 is 0 Å². The lowest BCUT2D eigenvalue weighted by molar-refractivity contribution is -0.00946. The summed E-state index contributed by atoms with van der Waals surface area (Å²) in [7, 11) is 0. The summed E-state index contributed by atoms with van der Waals surface area (Å²) in [5.41, 5.74) is 1.61. The Labute approximate surface area is 123 Å². The van der Waals surface area contributed by atoms with Crippen molar-refractivity contribution in [3.05, 3.63) is 11.6 Å². The van der Waals surface area contributed by atoms with Gasteiger partial charge in [0.05, 0.1) is 26.4 Å². The van der Waals surface area contributed by atoms with Gasteiger partial charge in [0.1, 0.15) is 0 Å². The second kappa shape index (κ2) is 7.03. The third-order valence-corrected chi connectivity index (χ3v) is 4.86. The number of allylic oxidation sites excluding steroid dienone is 1. The van der Waals surface area contributed by atoms with Crippen molar-refractivity contribution in [1.29, 1.82) is 0 Å². The Morgan fingerprint density at radius 3 is 2.00 bits per heavy atom. The molecule has 2 fully saturated rings. The molecule has 0 N–H and O–H groups in total. The molecule has 0 amide bonds. The maximum absolute atomic E-state index is 5.50. The SMILES string of the molecule is C/C=C(/C(C)N1CCOCC1)C(C)(C)N1CCOCC1. The highest BCUT2D eigenvalue weighted by Gasteiger charge is 2.35. The predicted molar refractivity (Wildman–Crippen MR) is 82.1 cm³/mol. The summed E-state index contributed by atoms with van der Waals surface area (Å²) in [6.45, 7) is 16.8. The monoisotopic (exact) mass is 282 g/mol. The van der Waals surface area contributed by atoms with E-state index < -0.39 is 0 Å². The Hall–Kier alpha value is -0.420. The van der Waals surface area contributed by atoms with Gasteiger partial charge in [-0.25, -0.2) is 0 Å². The fraction of sp³-hybridized carbons (Fsp3) is 0.875. The molecule has 0 spiro atoms. The van der Waals surface area contributed by atoms with E-state index >= 15 is 0 Å². The highest BCUT2D eigenvalue weighted by molar-refractivity contribution is 5.23. The first-order chi connectivity index (χ1) is 9.57. The van der Waals surface area contributed by atoms with E-state index in [2.05, 4.69) is 43.6 Å². The van der Waals surface area contributed by atoms with Crippen molar-refractivity contribution in [2.75, 3.05) is 52.6 Å². The molecule has 2 heterocycles. The van der Waals surface area contributed by atoms with Crippen LogP contribution in [0, 0.1) is 0 Å². The van der Waals surface area contributed by atoms with E-state index in [0.29, 0.717) is 6.04 Å². The zero-order chi connectivity index (χ0) is 14.6. The van der Waals surface area contributed by atoms with Gasteiger partial charge in [-0.3, -0.25) is 9.80 Å². The summed E-state index contributed by atoms with van der Waals surface area (Å²) in [5, 5.41) is 0. The Balaban J connectivity index is 2.08. The first-order valence-electron chi connectivity index (χ1n) is 7.88. The Morgan fingerprint density at radius 2 is 1.50 bits per heavy atom. The Morgan fingerprint density at radius 1 is 1.00 bits per heavy atom. The Bertz CT molecular complexity index is 329. The molecule has 4 nitrogen and oxygen atoms in total. The minimum Gasteiger partial charge on any atom is -0.379 e. The standard InChI is InChI=1S/C16H30N2O2/c1-5-15(14(2)17-6-10-19-11-7-17)16(3,4)18-8-12-20-13-9-18/h5,14H,6-13H2,1-4H3/b15-5-. The molecule has 0 saturated carbocycles.